The molecule has 10 heteroatoms. The molecule has 4 heterocycles. The zero-order valence-corrected chi connectivity index (χ0v) is 17.0. The summed E-state index contributed by atoms with van der Waals surface area (Å²) in [5.74, 6) is 0.510. The fraction of sp³-hybridized carbons (Fsp3) is 0.650. The minimum Gasteiger partial charge on any atom is -0.383 e. The lowest BCUT2D eigenvalue weighted by molar-refractivity contribution is -0.137. The van der Waals surface area contributed by atoms with Gasteiger partial charge in [0.05, 0.1) is 29.2 Å². The lowest BCUT2D eigenvalue weighted by atomic mass is 9.96. The van der Waals surface area contributed by atoms with Gasteiger partial charge in [0.2, 0.25) is 5.91 Å². The third kappa shape index (κ3) is 4.10. The summed E-state index contributed by atoms with van der Waals surface area (Å²) in [6.45, 7) is 4.53. The number of carbonyl (C=O) groups excluding carboxylic acids is 1. The summed E-state index contributed by atoms with van der Waals surface area (Å²) in [6, 6.07) is 0.722. The Kier molecular flexibility index (Phi) is 5.61. The largest absolute Gasteiger partial charge is 0.417 e. The summed E-state index contributed by atoms with van der Waals surface area (Å²) in [7, 11) is 0. The van der Waals surface area contributed by atoms with Crippen molar-refractivity contribution in [3.8, 4) is 0 Å². The molecule has 3 N–H and O–H groups in total. The van der Waals surface area contributed by atoms with Crippen molar-refractivity contribution in [2.45, 2.75) is 51.2 Å². The number of fused-ring (bicyclic) bond motifs is 1. The maximum Gasteiger partial charge on any atom is 0.417 e. The van der Waals surface area contributed by atoms with Crippen molar-refractivity contribution < 1.29 is 18.0 Å². The maximum absolute atomic E-state index is 13.7. The van der Waals surface area contributed by atoms with Gasteiger partial charge in [-0.05, 0) is 44.2 Å². The van der Waals surface area contributed by atoms with E-state index >= 15 is 0 Å². The molecule has 1 atom stereocenters. The predicted molar refractivity (Wildman–Crippen MR) is 106 cm³/mol. The van der Waals surface area contributed by atoms with Gasteiger partial charge in [-0.1, -0.05) is 13.3 Å². The highest BCUT2D eigenvalue weighted by Crippen LogP contribution is 2.39. The lowest BCUT2D eigenvalue weighted by Crippen LogP contribution is -2.46. The van der Waals surface area contributed by atoms with Crippen molar-refractivity contribution >= 4 is 22.8 Å². The van der Waals surface area contributed by atoms with Crippen LogP contribution in [0.3, 0.4) is 0 Å². The van der Waals surface area contributed by atoms with E-state index < -0.39 is 11.7 Å². The van der Waals surface area contributed by atoms with E-state index in [0.717, 1.165) is 44.8 Å². The van der Waals surface area contributed by atoms with Gasteiger partial charge >= 0.3 is 6.18 Å². The molecule has 1 amide bonds. The number of H-pyrrole nitrogens is 1. The van der Waals surface area contributed by atoms with Crippen LogP contribution in [0.25, 0.3) is 11.0 Å². The van der Waals surface area contributed by atoms with Crippen LogP contribution in [0.2, 0.25) is 0 Å². The van der Waals surface area contributed by atoms with Crippen molar-refractivity contribution in [1.29, 1.82) is 0 Å². The van der Waals surface area contributed by atoms with Gasteiger partial charge in [0.15, 0.2) is 5.65 Å². The number of aromatic amines is 1. The summed E-state index contributed by atoms with van der Waals surface area (Å²) in [5, 5.41) is 6.06. The fourth-order valence-corrected chi connectivity index (χ4v) is 4.51. The molecule has 164 valence electrons. The summed E-state index contributed by atoms with van der Waals surface area (Å²) >= 11 is 0. The number of piperidine rings is 2. The van der Waals surface area contributed by atoms with Crippen LogP contribution < -0.4 is 5.73 Å². The minimum absolute atomic E-state index is 0.0370. The number of nitrogen functional groups attached to an aromatic ring is 1. The Bertz CT molecular complexity index is 919. The first kappa shape index (κ1) is 20.9. The molecule has 0 aromatic carbocycles. The van der Waals surface area contributed by atoms with Crippen LogP contribution in [0.4, 0.5) is 19.0 Å². The normalized spacial score (nSPS) is 22.0. The number of aromatic nitrogens is 3. The number of carbonyl (C=O) groups is 1. The summed E-state index contributed by atoms with van der Waals surface area (Å²) in [6.07, 6.45) is -0.162. The Morgan fingerprint density at radius 1 is 1.23 bits per heavy atom. The molecule has 2 aliphatic heterocycles. The zero-order chi connectivity index (χ0) is 21.5. The highest BCUT2D eigenvalue weighted by Gasteiger charge is 2.37. The monoisotopic (exact) mass is 424 g/mol. The van der Waals surface area contributed by atoms with Crippen molar-refractivity contribution in [1.82, 2.24) is 25.0 Å². The molecule has 2 fully saturated rings. The van der Waals surface area contributed by atoms with E-state index in [2.05, 4.69) is 22.1 Å². The number of nitrogens with one attached hydrogen (secondary N) is 1. The third-order valence-electron chi connectivity index (χ3n) is 6.31. The van der Waals surface area contributed by atoms with E-state index in [0.29, 0.717) is 24.6 Å². The molecule has 0 radical (unpaired) electrons. The highest BCUT2D eigenvalue weighted by atomic mass is 19.4. The molecule has 2 aromatic heterocycles. The number of nitrogens with zero attached hydrogens (tertiary/aromatic N) is 4. The van der Waals surface area contributed by atoms with Crippen molar-refractivity contribution in [3.05, 3.63) is 17.3 Å². The number of hydrogen-bond acceptors (Lipinski definition) is 5. The first-order valence-electron chi connectivity index (χ1n) is 10.5. The SMILES string of the molecule is CC1CCN(C(=O)CN2CCCCC2c2cc(C(F)(F)F)c3c(N)[nH]nc3n2)CC1. The van der Waals surface area contributed by atoms with Gasteiger partial charge in [0.1, 0.15) is 5.82 Å². The van der Waals surface area contributed by atoms with Gasteiger partial charge in [-0.25, -0.2) is 4.98 Å². The second-order valence-corrected chi connectivity index (χ2v) is 8.47. The van der Waals surface area contributed by atoms with E-state index in [-0.39, 0.29) is 35.3 Å². The van der Waals surface area contributed by atoms with Crippen LogP contribution in [0, 0.1) is 5.92 Å². The second-order valence-electron chi connectivity index (χ2n) is 8.47. The molecular weight excluding hydrogens is 397 g/mol. The molecule has 2 aliphatic rings. The standard InChI is InChI=1S/C20H27F3N6O/c1-12-5-8-28(9-6-12)16(30)11-29-7-3-2-4-15(29)14-10-13(20(21,22)23)17-18(24)26-27-19(17)25-14/h10,12,15H,2-9,11H2,1H3,(H3,24,25,26,27). The van der Waals surface area contributed by atoms with Gasteiger partial charge < -0.3 is 10.6 Å². The Labute approximate surface area is 172 Å². The quantitative estimate of drug-likeness (QED) is 0.789. The average molecular weight is 424 g/mol. The van der Waals surface area contributed by atoms with Crippen molar-refractivity contribution in [3.63, 3.8) is 0 Å². The van der Waals surface area contributed by atoms with Gasteiger partial charge in [-0.3, -0.25) is 14.8 Å². The first-order valence-corrected chi connectivity index (χ1v) is 10.5. The number of alkyl halides is 3. The number of halogens is 3. The molecule has 4 rings (SSSR count). The number of anilines is 1. The van der Waals surface area contributed by atoms with Gasteiger partial charge in [-0.2, -0.15) is 18.3 Å². The number of pyridine rings is 1. The Morgan fingerprint density at radius 2 is 1.97 bits per heavy atom. The number of rotatable bonds is 3. The predicted octanol–water partition coefficient (Wildman–Crippen LogP) is 3.34. The van der Waals surface area contributed by atoms with Crippen molar-refractivity contribution in [2.24, 2.45) is 5.92 Å². The van der Waals surface area contributed by atoms with Crippen LogP contribution >= 0.6 is 0 Å². The Morgan fingerprint density at radius 3 is 2.67 bits per heavy atom. The average Bonchev–Trinajstić information content (AvgIpc) is 3.08. The number of likely N-dealkylation sites (tertiary alicyclic amines) is 2. The van der Waals surface area contributed by atoms with Crippen LogP contribution in [-0.2, 0) is 11.0 Å². The van der Waals surface area contributed by atoms with E-state index in [1.807, 2.05) is 9.80 Å². The molecule has 2 saturated heterocycles. The molecule has 1 unspecified atom stereocenters. The van der Waals surface area contributed by atoms with Crippen LogP contribution in [0.1, 0.15) is 56.3 Å². The molecule has 30 heavy (non-hydrogen) atoms. The molecule has 7 nitrogen and oxygen atoms in total. The Balaban J connectivity index is 1.61. The molecule has 2 aromatic rings. The Hall–Kier alpha value is -2.36. The zero-order valence-electron chi connectivity index (χ0n) is 17.0. The number of hydrogen-bond donors (Lipinski definition) is 2. The van der Waals surface area contributed by atoms with Crippen LogP contribution in [-0.4, -0.2) is 57.1 Å². The summed E-state index contributed by atoms with van der Waals surface area (Å²) < 4.78 is 41.1. The number of amides is 1. The topological polar surface area (TPSA) is 91.1 Å². The smallest absolute Gasteiger partial charge is 0.383 e. The van der Waals surface area contributed by atoms with Gasteiger partial charge in [0.25, 0.3) is 0 Å². The van der Waals surface area contributed by atoms with Crippen molar-refractivity contribution in [2.75, 3.05) is 31.9 Å². The summed E-state index contributed by atoms with van der Waals surface area (Å²) in [5.41, 5.74) is 5.08. The minimum atomic E-state index is -4.58. The van der Waals surface area contributed by atoms with Gasteiger partial charge in [0, 0.05) is 13.1 Å². The summed E-state index contributed by atoms with van der Waals surface area (Å²) in [4.78, 5) is 21.1. The van der Waals surface area contributed by atoms with Gasteiger partial charge in [-0.15, -0.1) is 0 Å². The maximum atomic E-state index is 13.7. The first-order chi connectivity index (χ1) is 14.2. The van der Waals surface area contributed by atoms with Crippen LogP contribution in [0.5, 0.6) is 0 Å². The molecule has 0 aliphatic carbocycles. The third-order valence-corrected chi connectivity index (χ3v) is 6.31. The lowest BCUT2D eigenvalue weighted by Gasteiger charge is -2.37. The van der Waals surface area contributed by atoms with E-state index in [4.69, 9.17) is 5.73 Å². The molecule has 0 saturated carbocycles. The van der Waals surface area contributed by atoms with E-state index in [9.17, 15) is 18.0 Å². The molecule has 0 bridgehead atoms. The molecular formula is C20H27F3N6O. The van der Waals surface area contributed by atoms with E-state index in [1.54, 1.807) is 0 Å². The fourth-order valence-electron chi connectivity index (χ4n) is 4.51. The highest BCUT2D eigenvalue weighted by molar-refractivity contribution is 5.89. The van der Waals surface area contributed by atoms with E-state index in [1.165, 1.54) is 0 Å². The molecule has 0 spiro atoms. The van der Waals surface area contributed by atoms with Crippen LogP contribution in [0.15, 0.2) is 6.07 Å². The second kappa shape index (κ2) is 8.05. The number of nitrogens with two attached hydrogens (primary N) is 1.